The summed E-state index contributed by atoms with van der Waals surface area (Å²) in [6.45, 7) is 10.1. The summed E-state index contributed by atoms with van der Waals surface area (Å²) in [6.07, 6.45) is 9.83. The predicted octanol–water partition coefficient (Wildman–Crippen LogP) is 2.66. The quantitative estimate of drug-likeness (QED) is 0.247. The maximum Gasteiger partial charge on any atom is 0.319 e. The molecule has 0 saturated carbocycles. The van der Waals surface area contributed by atoms with Gasteiger partial charge in [0.2, 0.25) is 30.0 Å². The Bertz CT molecular complexity index is 1510. The molecule has 16 nitrogen and oxygen atoms in total. The molecule has 3 aliphatic rings. The monoisotopic (exact) mass is 780 g/mol. The molecular formula is C40H60N8O8. The summed E-state index contributed by atoms with van der Waals surface area (Å²) >= 11 is 0. The summed E-state index contributed by atoms with van der Waals surface area (Å²) in [7, 11) is 1.56. The predicted molar refractivity (Wildman–Crippen MR) is 212 cm³/mol. The lowest BCUT2D eigenvalue weighted by Crippen LogP contribution is -2.57. The highest BCUT2D eigenvalue weighted by atomic mass is 16.5. The van der Waals surface area contributed by atoms with Crippen LogP contribution in [0.3, 0.4) is 0 Å². The van der Waals surface area contributed by atoms with E-state index >= 15 is 0 Å². The molecule has 3 saturated heterocycles. The van der Waals surface area contributed by atoms with E-state index in [1.54, 1.807) is 40.1 Å². The minimum atomic E-state index is -0.591. The smallest absolute Gasteiger partial charge is 0.319 e. The van der Waals surface area contributed by atoms with Crippen LogP contribution in [0.5, 0.6) is 0 Å². The topological polar surface area (TPSA) is 213 Å². The van der Waals surface area contributed by atoms with Gasteiger partial charge in [-0.2, -0.15) is 0 Å². The number of carbonyl (C=O) groups excluding carboxylic acids is 7. The third-order valence-corrected chi connectivity index (χ3v) is 9.07. The first-order valence-electron chi connectivity index (χ1n) is 19.1. The minimum absolute atomic E-state index is 0.0436. The molecule has 4 heterocycles. The Labute approximate surface area is 330 Å². The number of carbonyl (C=O) groups is 7. The Kier molecular flexibility index (Phi) is 21.4. The Morgan fingerprint density at radius 1 is 0.964 bits per heavy atom. The number of methoxy groups -OCH3 is 1. The Morgan fingerprint density at radius 3 is 2.21 bits per heavy atom. The van der Waals surface area contributed by atoms with Crippen molar-refractivity contribution >= 4 is 48.0 Å². The summed E-state index contributed by atoms with van der Waals surface area (Å²) in [5.74, 6) is -0.324. The first-order chi connectivity index (χ1) is 26.8. The van der Waals surface area contributed by atoms with Crippen LogP contribution in [0.2, 0.25) is 0 Å². The number of aromatic nitrogens is 1. The van der Waals surface area contributed by atoms with Crippen molar-refractivity contribution in [1.82, 2.24) is 30.3 Å². The number of pyridine rings is 1. The van der Waals surface area contributed by atoms with Crippen LogP contribution in [0.15, 0.2) is 54.9 Å². The SMILES string of the molecule is CC1CC(C=O)N(C=O)C1.COCCC(=O)N1CCCC1C(=O)N1CCCCC1C(=O)NC(C)C.Cc1ccccc1.NC(=O)CNC(=O)Nc1cccnc1. The third-order valence-electron chi connectivity index (χ3n) is 9.07. The van der Waals surface area contributed by atoms with E-state index in [9.17, 15) is 33.6 Å². The number of anilines is 1. The number of piperidine rings is 1. The van der Waals surface area contributed by atoms with Gasteiger partial charge in [0.1, 0.15) is 18.4 Å². The van der Waals surface area contributed by atoms with Crippen molar-refractivity contribution in [3.05, 3.63) is 60.4 Å². The molecule has 308 valence electrons. The number of hydrogen-bond acceptors (Lipinski definition) is 9. The van der Waals surface area contributed by atoms with Gasteiger partial charge in [0, 0.05) is 39.0 Å². The van der Waals surface area contributed by atoms with Crippen molar-refractivity contribution in [2.24, 2.45) is 11.7 Å². The number of likely N-dealkylation sites (tertiary alicyclic amines) is 3. The van der Waals surface area contributed by atoms with Crippen LogP contribution in [0.25, 0.3) is 0 Å². The average molecular weight is 781 g/mol. The molecular weight excluding hydrogens is 720 g/mol. The van der Waals surface area contributed by atoms with Gasteiger partial charge in [-0.3, -0.25) is 29.0 Å². The highest BCUT2D eigenvalue weighted by Crippen LogP contribution is 2.25. The van der Waals surface area contributed by atoms with E-state index in [4.69, 9.17) is 10.5 Å². The van der Waals surface area contributed by atoms with Gasteiger partial charge in [-0.1, -0.05) is 42.8 Å². The van der Waals surface area contributed by atoms with Crippen molar-refractivity contribution < 1.29 is 38.3 Å². The Morgan fingerprint density at radius 2 is 1.66 bits per heavy atom. The fourth-order valence-corrected chi connectivity index (χ4v) is 6.38. The molecule has 0 spiro atoms. The molecule has 4 unspecified atom stereocenters. The van der Waals surface area contributed by atoms with Crippen molar-refractivity contribution in [3.63, 3.8) is 0 Å². The van der Waals surface area contributed by atoms with Crippen LogP contribution in [0.1, 0.15) is 71.3 Å². The van der Waals surface area contributed by atoms with Crippen molar-refractivity contribution in [2.45, 2.75) is 96.8 Å². The second-order valence-electron chi connectivity index (χ2n) is 14.2. The number of hydrogen-bond donors (Lipinski definition) is 4. The van der Waals surface area contributed by atoms with Gasteiger partial charge >= 0.3 is 6.03 Å². The molecule has 1 aromatic heterocycles. The van der Waals surface area contributed by atoms with Crippen LogP contribution < -0.4 is 21.7 Å². The number of aryl methyl sites for hydroxylation is 1. The normalized spacial score (nSPS) is 19.8. The second-order valence-corrected chi connectivity index (χ2v) is 14.2. The first-order valence-corrected chi connectivity index (χ1v) is 19.1. The molecule has 3 aliphatic heterocycles. The lowest BCUT2D eigenvalue weighted by Gasteiger charge is -2.38. The second kappa shape index (κ2) is 25.7. The zero-order valence-corrected chi connectivity index (χ0v) is 33.4. The molecule has 0 bridgehead atoms. The first kappa shape index (κ1) is 46.8. The number of aldehydes is 1. The zero-order valence-electron chi connectivity index (χ0n) is 33.4. The largest absolute Gasteiger partial charge is 0.384 e. The molecule has 0 radical (unpaired) electrons. The zero-order chi connectivity index (χ0) is 41.5. The van der Waals surface area contributed by atoms with E-state index in [2.05, 4.69) is 40.0 Å². The van der Waals surface area contributed by atoms with Gasteiger partial charge < -0.3 is 45.9 Å². The van der Waals surface area contributed by atoms with E-state index < -0.39 is 24.0 Å². The van der Waals surface area contributed by atoms with Gasteiger partial charge in [0.25, 0.3) is 0 Å². The van der Waals surface area contributed by atoms with E-state index in [0.29, 0.717) is 44.1 Å². The number of primary amides is 1. The standard InChI is InChI=1S/C18H31N3O4.C8H10N4O2.C7H11NO2.C7H8/c1-13(2)19-17(23)14-7-4-5-10-21(14)18(24)15-8-6-11-20(15)16(22)9-12-25-3;9-7(13)5-11-8(14)12-6-2-1-3-10-4-6;1-6-2-7(4-9)8(3-6)5-10;1-7-5-3-2-4-6-7/h13-15H,4-12H2,1-3H3,(H,19,23);1-4H,5H2,(H2,9,13)(H2,11,12,14);4-7H,2-3H2,1H3;2-6H,1H3. The van der Waals surface area contributed by atoms with Crippen molar-refractivity contribution in [1.29, 1.82) is 0 Å². The molecule has 5 N–H and O–H groups in total. The van der Waals surface area contributed by atoms with Crippen LogP contribution in [-0.4, -0.2) is 126 Å². The fraction of sp³-hybridized carbons (Fsp3) is 0.550. The van der Waals surface area contributed by atoms with Gasteiger partial charge in [-0.15, -0.1) is 0 Å². The van der Waals surface area contributed by atoms with Crippen LogP contribution in [0.4, 0.5) is 10.5 Å². The Balaban J connectivity index is 0.000000291. The van der Waals surface area contributed by atoms with E-state index in [1.165, 1.54) is 11.8 Å². The van der Waals surface area contributed by atoms with Gasteiger partial charge in [0.05, 0.1) is 37.5 Å². The van der Waals surface area contributed by atoms with Crippen LogP contribution >= 0.6 is 0 Å². The number of rotatable bonds is 11. The molecule has 56 heavy (non-hydrogen) atoms. The third kappa shape index (κ3) is 17.0. The van der Waals surface area contributed by atoms with E-state index in [-0.39, 0.29) is 42.8 Å². The number of nitrogens with zero attached hydrogens (tertiary/aromatic N) is 4. The molecule has 2 aromatic rings. The van der Waals surface area contributed by atoms with Crippen molar-refractivity contribution in [3.8, 4) is 0 Å². The lowest BCUT2D eigenvalue weighted by molar-refractivity contribution is -0.149. The number of benzene rings is 1. The summed E-state index contributed by atoms with van der Waals surface area (Å²) in [5, 5.41) is 7.68. The van der Waals surface area contributed by atoms with Gasteiger partial charge in [-0.05, 0) is 77.3 Å². The maximum atomic E-state index is 13.1. The molecule has 1 aromatic carbocycles. The van der Waals surface area contributed by atoms with E-state index in [0.717, 1.165) is 44.9 Å². The molecule has 5 rings (SSSR count). The highest BCUT2D eigenvalue weighted by molar-refractivity contribution is 5.93. The number of nitrogens with two attached hydrogens (primary N) is 1. The van der Waals surface area contributed by atoms with Crippen LogP contribution in [0, 0.1) is 12.8 Å². The van der Waals surface area contributed by atoms with Crippen LogP contribution in [-0.2, 0) is 33.5 Å². The number of ether oxygens (including phenoxy) is 1. The van der Waals surface area contributed by atoms with E-state index in [1.807, 2.05) is 39.0 Å². The molecule has 4 atom stereocenters. The fourth-order valence-electron chi connectivity index (χ4n) is 6.38. The summed E-state index contributed by atoms with van der Waals surface area (Å²) in [6, 6.07) is 12.2. The number of amides is 7. The Hall–Kier alpha value is -5.38. The number of urea groups is 1. The average Bonchev–Trinajstić information content (AvgIpc) is 3.84. The molecule has 16 heteroatoms. The highest BCUT2D eigenvalue weighted by Gasteiger charge is 2.41. The summed E-state index contributed by atoms with van der Waals surface area (Å²) in [4.78, 5) is 88.7. The minimum Gasteiger partial charge on any atom is -0.384 e. The molecule has 0 aliphatic carbocycles. The molecule has 7 amide bonds. The van der Waals surface area contributed by atoms with Gasteiger partial charge in [0.15, 0.2) is 0 Å². The summed E-state index contributed by atoms with van der Waals surface area (Å²) in [5.41, 5.74) is 6.71. The molecule has 3 fully saturated rings. The summed E-state index contributed by atoms with van der Waals surface area (Å²) < 4.78 is 4.97. The maximum absolute atomic E-state index is 13.1. The number of nitrogens with one attached hydrogen (secondary N) is 3. The van der Waals surface area contributed by atoms with Gasteiger partial charge in [-0.25, -0.2) is 4.79 Å². The van der Waals surface area contributed by atoms with Crippen molar-refractivity contribution in [2.75, 3.05) is 45.2 Å². The lowest BCUT2D eigenvalue weighted by atomic mass is 9.99.